The molecule has 2 aromatic rings. The maximum atomic E-state index is 14.5. The van der Waals surface area contributed by atoms with Crippen LogP contribution in [0.1, 0.15) is 76.7 Å². The van der Waals surface area contributed by atoms with Crippen molar-refractivity contribution in [3.8, 4) is 46.7 Å². The van der Waals surface area contributed by atoms with Gasteiger partial charge in [-0.2, -0.15) is 5.48 Å². The fourth-order valence-electron chi connectivity index (χ4n) is 11.8. The van der Waals surface area contributed by atoms with Crippen LogP contribution in [0.3, 0.4) is 0 Å². The highest BCUT2D eigenvalue weighted by Gasteiger charge is 2.52. The number of carbonyl (C=O) groups is 3. The zero-order chi connectivity index (χ0) is 69.6. The first kappa shape index (κ1) is 77.4. The number of para-hydroxylation sites is 1. The molecule has 8 rings (SSSR count). The molecule has 30 heteroatoms. The van der Waals surface area contributed by atoms with E-state index in [0.29, 0.717) is 35.4 Å². The molecule has 0 saturated carbocycles. The molecule has 530 valence electrons. The monoisotopic (exact) mass is 1510 g/mol. The van der Waals surface area contributed by atoms with Crippen LogP contribution in [0.4, 0.5) is 4.79 Å². The normalized spacial score (nSPS) is 33.0. The summed E-state index contributed by atoms with van der Waals surface area (Å²) in [5.41, 5.74) is 1.19. The Morgan fingerprint density at radius 1 is 0.865 bits per heavy atom. The molecule has 19 atom stereocenters. The topological polar surface area (TPSA) is 330 Å². The first-order chi connectivity index (χ1) is 45.9. The molecule has 0 unspecified atom stereocenters. The van der Waals surface area contributed by atoms with Crippen molar-refractivity contribution >= 4 is 72.9 Å². The zero-order valence-electron chi connectivity index (χ0n) is 55.7. The molecular formula is C66H89IN4O22S3. The van der Waals surface area contributed by atoms with Crippen molar-refractivity contribution in [3.63, 3.8) is 0 Å². The van der Waals surface area contributed by atoms with Gasteiger partial charge in [-0.25, -0.2) is 4.79 Å². The number of methoxy groups -OCH3 is 5. The van der Waals surface area contributed by atoms with Crippen molar-refractivity contribution in [2.75, 3.05) is 74.1 Å². The van der Waals surface area contributed by atoms with E-state index < -0.39 is 127 Å². The van der Waals surface area contributed by atoms with Gasteiger partial charge in [0.15, 0.2) is 41.8 Å². The third kappa shape index (κ3) is 19.0. The number of nitrogens with one attached hydrogen (secondary N) is 4. The summed E-state index contributed by atoms with van der Waals surface area (Å²) in [6.07, 6.45) is -14.1. The van der Waals surface area contributed by atoms with Crippen LogP contribution < -0.4 is 40.4 Å². The van der Waals surface area contributed by atoms with Crippen molar-refractivity contribution in [3.05, 3.63) is 80.1 Å². The standard InChI is InChI=1S/C66H89IN4O22S3/c1-13-69-40-32-86-45(30-44(40)80-8)91-58-53(75)50(71-93-46-29-41(72)60(37(5)87-46)95-61(77)47-34(2)49(67)56(59(83-11)55(47)81-9)92-62-54(76)57(82-10)52(74)36(4)89-62)35(3)88-63(58)90-43-23-19-14-15-20-25-66(79)31-42(73)51(70-64(78)84-12)48(43)39(66)24-28-94-96-65(6,7)33-68-26-27-85-38-21-17-16-18-22-38/h14-18,21-22,24,35-37,40-41,43-46,50,52-54,57-58,60,62-63,68-69,71-72,74-76,79H,13,26-33H2,1-12H3,(H,70,78)/b15-14-,39-24+/t35-,36+,37-,40+,41+,43+,44+,45+,46+,50-,52+,53+,54-,57-,58-,60-,62+,63+,66+/m1/s1. The largest absolute Gasteiger partial charge is 0.492 e. The van der Waals surface area contributed by atoms with Crippen LogP contribution in [0.5, 0.6) is 23.0 Å². The van der Waals surface area contributed by atoms with Gasteiger partial charge in [-0.05, 0) is 101 Å². The molecule has 1 amide bonds. The second kappa shape index (κ2) is 35.8. The van der Waals surface area contributed by atoms with Crippen LogP contribution in [0, 0.1) is 34.2 Å². The highest BCUT2D eigenvalue weighted by atomic mass is 127. The number of rotatable bonds is 28. The maximum Gasteiger partial charge on any atom is 0.411 e. The molecule has 2 aliphatic carbocycles. The molecule has 4 heterocycles. The number of thioether (sulfide) groups is 1. The van der Waals surface area contributed by atoms with Gasteiger partial charge in [0.2, 0.25) is 17.2 Å². The molecule has 2 aromatic carbocycles. The van der Waals surface area contributed by atoms with Crippen LogP contribution in [-0.4, -0.2) is 237 Å². The predicted octanol–water partition coefficient (Wildman–Crippen LogP) is 4.37. The number of halogens is 1. The first-order valence-electron chi connectivity index (χ1n) is 31.5. The van der Waals surface area contributed by atoms with E-state index >= 15 is 0 Å². The molecule has 26 nitrogen and oxygen atoms in total. The summed E-state index contributed by atoms with van der Waals surface area (Å²) < 4.78 is 78.7. The number of alkyl carbamates (subject to hydrolysis) is 1. The molecule has 2 bridgehead atoms. The number of amides is 1. The summed E-state index contributed by atoms with van der Waals surface area (Å²) in [7, 11) is 9.89. The Balaban J connectivity index is 1.01. The number of ketones is 1. The molecule has 4 saturated heterocycles. The summed E-state index contributed by atoms with van der Waals surface area (Å²) in [6, 6.07) is 8.25. The Labute approximate surface area is 585 Å². The average molecular weight is 1510 g/mol. The van der Waals surface area contributed by atoms with E-state index in [0.717, 1.165) is 24.6 Å². The Morgan fingerprint density at radius 2 is 1.59 bits per heavy atom. The van der Waals surface area contributed by atoms with Crippen molar-refractivity contribution in [2.24, 2.45) is 0 Å². The van der Waals surface area contributed by atoms with E-state index in [9.17, 15) is 39.9 Å². The quantitative estimate of drug-likeness (QED) is 0.0188. The number of hydroxylamine groups is 1. The number of benzene rings is 2. The minimum absolute atomic E-state index is 0.0225. The smallest absolute Gasteiger partial charge is 0.411 e. The molecule has 4 fully saturated rings. The minimum atomic E-state index is -2.11. The van der Waals surface area contributed by atoms with Gasteiger partial charge in [0, 0.05) is 61.8 Å². The molecule has 4 aliphatic heterocycles. The van der Waals surface area contributed by atoms with Gasteiger partial charge in [-0.15, -0.1) is 0 Å². The molecule has 96 heavy (non-hydrogen) atoms. The Hall–Kier alpha value is -4.31. The number of carbonyl (C=O) groups excluding carboxylic acids is 3. The van der Waals surface area contributed by atoms with Gasteiger partial charge in [0.05, 0.1) is 97.0 Å². The SMILES string of the molecule is CCN[C@H]1CO[C@@H](O[C@H]2[C@H](O[C@H]3C#C/C=C\C#C[C@]4(O)CC(=O)C(NC(=O)OC)=C3/C4=C\CSSC(C)(C)CNCCOc3ccccc3)O[C@H](C)[C@@H](NO[C@H]3C[C@H](O)[C@H](SC(=O)c4c(C)c(I)c(O[C@@H]5O[C@@H](C)[C@H](O)[C@@H](OC)[C@H]5O)c(OC)c4OC)[C@@H](C)O3)[C@@H]2O)C[C@@H]1OC. The number of aliphatic hydroxyl groups excluding tert-OH is 4. The van der Waals surface area contributed by atoms with Crippen LogP contribution in [0.2, 0.25) is 0 Å². The lowest BCUT2D eigenvalue weighted by Gasteiger charge is -2.46. The number of fused-ring (bicyclic) bond motifs is 2. The second-order valence-corrected chi connectivity index (χ2v) is 29.3. The number of likely N-dealkylation sites (N-methyl/N-ethyl adjacent to an activating group) is 1. The summed E-state index contributed by atoms with van der Waals surface area (Å²) >= 11 is 2.83. The number of allylic oxidation sites excluding steroid dienone is 3. The van der Waals surface area contributed by atoms with Gasteiger partial charge >= 0.3 is 6.09 Å². The molecule has 6 aliphatic rings. The van der Waals surface area contributed by atoms with Gasteiger partial charge in [-0.1, -0.05) is 88.2 Å². The molecule has 0 spiro atoms. The van der Waals surface area contributed by atoms with Crippen molar-refractivity contribution in [1.29, 1.82) is 0 Å². The van der Waals surface area contributed by atoms with E-state index in [-0.39, 0.29) is 81.7 Å². The summed E-state index contributed by atoms with van der Waals surface area (Å²) in [5, 5.41) is 66.8. The third-order valence-corrected chi connectivity index (χ3v) is 22.6. The number of hydrogen-bond donors (Lipinski definition) is 9. The van der Waals surface area contributed by atoms with E-state index in [2.05, 4.69) is 59.0 Å². The van der Waals surface area contributed by atoms with Crippen molar-refractivity contribution < 1.29 is 106 Å². The Morgan fingerprint density at radius 3 is 2.28 bits per heavy atom. The third-order valence-electron chi connectivity index (χ3n) is 16.8. The van der Waals surface area contributed by atoms with E-state index in [1.165, 1.54) is 44.3 Å². The highest BCUT2D eigenvalue weighted by Crippen LogP contribution is 2.49. The maximum absolute atomic E-state index is 14.5. The average Bonchev–Trinajstić information content (AvgIpc) is 0.794. The minimum Gasteiger partial charge on any atom is -0.492 e. The van der Waals surface area contributed by atoms with Gasteiger partial charge < -0.3 is 97.7 Å². The predicted molar refractivity (Wildman–Crippen MR) is 365 cm³/mol. The fraction of sp³-hybridized carbons (Fsp3) is 0.621. The Kier molecular flexibility index (Phi) is 28.9. The molecular weight excluding hydrogens is 1420 g/mol. The number of Topliss-reactive ketones (excluding diaryl/α,β-unsaturated/α-hetero) is 1. The van der Waals surface area contributed by atoms with Crippen LogP contribution in [0.25, 0.3) is 0 Å². The van der Waals surface area contributed by atoms with Crippen LogP contribution in [-0.2, 0) is 52.3 Å². The lowest BCUT2D eigenvalue weighted by atomic mass is 9.75. The van der Waals surface area contributed by atoms with E-state index in [1.54, 1.807) is 51.7 Å². The van der Waals surface area contributed by atoms with Gasteiger partial charge in [0.1, 0.15) is 49.0 Å². The lowest BCUT2D eigenvalue weighted by Crippen LogP contribution is -2.65. The van der Waals surface area contributed by atoms with Crippen molar-refractivity contribution in [1.82, 2.24) is 21.4 Å². The summed E-state index contributed by atoms with van der Waals surface area (Å²) in [4.78, 5) is 48.2. The van der Waals surface area contributed by atoms with E-state index in [4.69, 9.17) is 66.4 Å². The number of aliphatic hydroxyl groups is 5. The molecule has 0 radical (unpaired) electrons. The van der Waals surface area contributed by atoms with Crippen LogP contribution in [0.15, 0.2) is 65.4 Å². The first-order valence-corrected chi connectivity index (χ1v) is 35.8. The van der Waals surface area contributed by atoms with Gasteiger partial charge in [0.25, 0.3) is 0 Å². The van der Waals surface area contributed by atoms with Gasteiger partial charge in [-0.3, -0.25) is 19.7 Å². The molecule has 0 aromatic heterocycles. The second-order valence-electron chi connectivity index (χ2n) is 24.0. The molecule has 9 N–H and O–H groups in total. The summed E-state index contributed by atoms with van der Waals surface area (Å²) in [6.45, 7) is 15.3. The Bertz CT molecular complexity index is 3210. The fourth-order valence-corrected chi connectivity index (χ4v) is 15.9. The lowest BCUT2D eigenvalue weighted by molar-refractivity contribution is -0.336. The highest BCUT2D eigenvalue weighted by molar-refractivity contribution is 14.1. The summed E-state index contributed by atoms with van der Waals surface area (Å²) in [5.74, 6) is 12.2. The number of ether oxygens (including phenoxy) is 13. The van der Waals surface area contributed by atoms with E-state index in [1.807, 2.05) is 59.8 Å². The number of hydrogen-bond acceptors (Lipinski definition) is 28. The zero-order valence-corrected chi connectivity index (χ0v) is 60.3. The van der Waals surface area contributed by atoms with Crippen molar-refractivity contribution in [2.45, 2.75) is 188 Å². The van der Waals surface area contributed by atoms with Crippen LogP contribution >= 0.6 is 55.9 Å².